The molecule has 4 heteroatoms. The Labute approximate surface area is 112 Å². The van der Waals surface area contributed by atoms with Crippen LogP contribution >= 0.6 is 11.8 Å². The Morgan fingerprint density at radius 1 is 1.17 bits per heavy atom. The molecule has 0 saturated carbocycles. The van der Waals surface area contributed by atoms with Gasteiger partial charge in [-0.1, -0.05) is 12.1 Å². The number of fused-ring (bicyclic) bond motifs is 1. The van der Waals surface area contributed by atoms with Crippen molar-refractivity contribution in [2.75, 3.05) is 18.1 Å². The molecule has 0 unspecified atom stereocenters. The van der Waals surface area contributed by atoms with Crippen LogP contribution in [0.5, 0.6) is 0 Å². The molecule has 2 aromatic rings. The Kier molecular flexibility index (Phi) is 3.76. The molecule has 18 heavy (non-hydrogen) atoms. The molecule has 0 amide bonds. The van der Waals surface area contributed by atoms with E-state index in [2.05, 4.69) is 35.4 Å². The van der Waals surface area contributed by atoms with Crippen molar-refractivity contribution in [2.24, 2.45) is 0 Å². The second-order valence-corrected chi connectivity index (χ2v) is 6.48. The third-order valence-corrected chi connectivity index (χ3v) is 4.23. The van der Waals surface area contributed by atoms with Crippen molar-refractivity contribution < 1.29 is 0 Å². The number of rotatable bonds is 4. The van der Waals surface area contributed by atoms with Crippen molar-refractivity contribution in [3.63, 3.8) is 0 Å². The zero-order chi connectivity index (χ0) is 13.2. The Morgan fingerprint density at radius 3 is 2.39 bits per heavy atom. The maximum Gasteiger partial charge on any atom is 0.148 e. The van der Waals surface area contributed by atoms with E-state index in [1.165, 1.54) is 0 Å². The average Bonchev–Trinajstić information content (AvgIpc) is 2.36. The number of nitrogens with zero attached hydrogens (tertiary/aromatic N) is 2. The van der Waals surface area contributed by atoms with E-state index in [0.29, 0.717) is 0 Å². The summed E-state index contributed by atoms with van der Waals surface area (Å²) in [6.07, 6.45) is 2.13. The summed E-state index contributed by atoms with van der Waals surface area (Å²) < 4.78 is 0.194. The largest absolute Gasteiger partial charge is 0.367 e. The lowest BCUT2D eigenvalue weighted by molar-refractivity contribution is 0.749. The average molecular weight is 261 g/mol. The van der Waals surface area contributed by atoms with Gasteiger partial charge in [0.25, 0.3) is 0 Å². The summed E-state index contributed by atoms with van der Waals surface area (Å²) in [6, 6.07) is 7.96. The highest BCUT2D eigenvalue weighted by Crippen LogP contribution is 2.22. The van der Waals surface area contributed by atoms with Crippen LogP contribution in [0.15, 0.2) is 24.3 Å². The molecular formula is C14H19N3S. The van der Waals surface area contributed by atoms with E-state index in [-0.39, 0.29) is 4.75 Å². The van der Waals surface area contributed by atoms with E-state index < -0.39 is 0 Å². The van der Waals surface area contributed by atoms with Crippen LogP contribution in [0.25, 0.3) is 11.0 Å². The lowest BCUT2D eigenvalue weighted by Crippen LogP contribution is -2.26. The first-order chi connectivity index (χ1) is 8.52. The van der Waals surface area contributed by atoms with Gasteiger partial charge in [0, 0.05) is 11.3 Å². The predicted octanol–water partition coefficient (Wildman–Crippen LogP) is 3.49. The zero-order valence-corrected chi connectivity index (χ0v) is 12.1. The first-order valence-electron chi connectivity index (χ1n) is 6.04. The second kappa shape index (κ2) is 5.14. The van der Waals surface area contributed by atoms with Gasteiger partial charge in [0.05, 0.1) is 16.7 Å². The fraction of sp³-hybridized carbons (Fsp3) is 0.429. The van der Waals surface area contributed by atoms with E-state index in [1.807, 2.05) is 43.0 Å². The summed E-state index contributed by atoms with van der Waals surface area (Å²) in [6.45, 7) is 7.30. The van der Waals surface area contributed by atoms with Gasteiger partial charge in [0.2, 0.25) is 0 Å². The molecule has 0 bridgehead atoms. The van der Waals surface area contributed by atoms with Crippen molar-refractivity contribution in [1.29, 1.82) is 0 Å². The van der Waals surface area contributed by atoms with Crippen LogP contribution < -0.4 is 5.32 Å². The first kappa shape index (κ1) is 13.1. The van der Waals surface area contributed by atoms with Gasteiger partial charge in [-0.2, -0.15) is 11.8 Å². The van der Waals surface area contributed by atoms with Gasteiger partial charge in [-0.15, -0.1) is 0 Å². The number of aryl methyl sites for hydroxylation is 1. The number of aromatic nitrogens is 2. The number of hydrogen-bond donors (Lipinski definition) is 1. The summed E-state index contributed by atoms with van der Waals surface area (Å²) >= 11 is 1.85. The van der Waals surface area contributed by atoms with Crippen molar-refractivity contribution in [3.05, 3.63) is 30.0 Å². The molecule has 1 aromatic carbocycles. The number of hydrogen-bond acceptors (Lipinski definition) is 4. The molecule has 1 N–H and O–H groups in total. The predicted molar refractivity (Wildman–Crippen MR) is 80.4 cm³/mol. The fourth-order valence-corrected chi connectivity index (χ4v) is 1.84. The van der Waals surface area contributed by atoms with Crippen molar-refractivity contribution >= 4 is 28.6 Å². The zero-order valence-electron chi connectivity index (χ0n) is 11.3. The summed E-state index contributed by atoms with van der Waals surface area (Å²) in [4.78, 5) is 9.20. The first-order valence-corrected chi connectivity index (χ1v) is 7.27. The normalized spacial score (nSPS) is 11.8. The topological polar surface area (TPSA) is 37.8 Å². The fourth-order valence-electron chi connectivity index (χ4n) is 1.62. The van der Waals surface area contributed by atoms with E-state index >= 15 is 0 Å². The number of thioether (sulfide) groups is 1. The minimum absolute atomic E-state index is 0.194. The Balaban J connectivity index is 2.25. The molecule has 3 nitrogen and oxygen atoms in total. The van der Waals surface area contributed by atoms with Crippen LogP contribution in [0.2, 0.25) is 0 Å². The van der Waals surface area contributed by atoms with E-state index in [4.69, 9.17) is 0 Å². The van der Waals surface area contributed by atoms with Crippen LogP contribution in [-0.4, -0.2) is 27.5 Å². The lowest BCUT2D eigenvalue weighted by Gasteiger charge is -2.23. The van der Waals surface area contributed by atoms with Gasteiger partial charge >= 0.3 is 0 Å². The maximum atomic E-state index is 4.63. The van der Waals surface area contributed by atoms with Crippen LogP contribution in [-0.2, 0) is 0 Å². The lowest BCUT2D eigenvalue weighted by atomic mass is 10.2. The minimum atomic E-state index is 0.194. The number of para-hydroxylation sites is 2. The molecular weight excluding hydrogens is 242 g/mol. The summed E-state index contributed by atoms with van der Waals surface area (Å²) in [7, 11) is 0. The Bertz CT molecular complexity index is 552. The van der Waals surface area contributed by atoms with Crippen molar-refractivity contribution in [3.8, 4) is 0 Å². The maximum absolute atomic E-state index is 4.63. The van der Waals surface area contributed by atoms with Gasteiger partial charge in [-0.3, -0.25) is 0 Å². The molecule has 1 heterocycles. The third kappa shape index (κ3) is 2.93. The smallest absolute Gasteiger partial charge is 0.148 e. The molecule has 0 aliphatic heterocycles. The second-order valence-electron chi connectivity index (χ2n) is 4.96. The molecule has 0 spiro atoms. The Hall–Kier alpha value is -1.29. The summed E-state index contributed by atoms with van der Waals surface area (Å²) in [5.41, 5.74) is 2.84. The SMILES string of the molecule is CSC(C)(C)CNc1nc2ccccc2nc1C. The standard InChI is InChI=1S/C14H19N3S/c1-10-13(15-9-14(2,3)18-4)17-12-8-6-5-7-11(12)16-10/h5-8H,9H2,1-4H3,(H,15,17). The van der Waals surface area contributed by atoms with Crippen molar-refractivity contribution in [2.45, 2.75) is 25.5 Å². The monoisotopic (exact) mass is 261 g/mol. The highest BCUT2D eigenvalue weighted by molar-refractivity contribution is 7.99. The van der Waals surface area contributed by atoms with Crippen LogP contribution in [0, 0.1) is 6.92 Å². The van der Waals surface area contributed by atoms with Gasteiger partial charge < -0.3 is 5.32 Å². The molecule has 2 rings (SSSR count). The van der Waals surface area contributed by atoms with Crippen LogP contribution in [0.3, 0.4) is 0 Å². The summed E-state index contributed by atoms with van der Waals surface area (Å²) in [5.74, 6) is 0.885. The molecule has 0 aliphatic carbocycles. The molecule has 0 saturated heterocycles. The number of benzene rings is 1. The Morgan fingerprint density at radius 2 is 1.78 bits per heavy atom. The van der Waals surface area contributed by atoms with Crippen molar-refractivity contribution in [1.82, 2.24) is 9.97 Å². The van der Waals surface area contributed by atoms with E-state index in [9.17, 15) is 0 Å². The number of anilines is 1. The van der Waals surface area contributed by atoms with E-state index in [1.54, 1.807) is 0 Å². The molecule has 0 atom stereocenters. The number of nitrogens with one attached hydrogen (secondary N) is 1. The molecule has 96 valence electrons. The van der Waals surface area contributed by atoms with Gasteiger partial charge in [0.15, 0.2) is 0 Å². The highest BCUT2D eigenvalue weighted by atomic mass is 32.2. The minimum Gasteiger partial charge on any atom is -0.367 e. The quantitative estimate of drug-likeness (QED) is 0.914. The van der Waals surface area contributed by atoms with Crippen LogP contribution in [0.1, 0.15) is 19.5 Å². The van der Waals surface area contributed by atoms with Gasteiger partial charge in [-0.25, -0.2) is 9.97 Å². The molecule has 0 radical (unpaired) electrons. The third-order valence-electron chi connectivity index (χ3n) is 2.98. The van der Waals surface area contributed by atoms with Gasteiger partial charge in [0.1, 0.15) is 5.82 Å². The highest BCUT2D eigenvalue weighted by Gasteiger charge is 2.16. The molecule has 1 aromatic heterocycles. The molecule has 0 fully saturated rings. The summed E-state index contributed by atoms with van der Waals surface area (Å²) in [5, 5.41) is 3.40. The molecule has 0 aliphatic rings. The van der Waals surface area contributed by atoms with Crippen LogP contribution in [0.4, 0.5) is 5.82 Å². The van der Waals surface area contributed by atoms with E-state index in [0.717, 1.165) is 29.1 Å². The van der Waals surface area contributed by atoms with Gasteiger partial charge in [-0.05, 0) is 39.2 Å².